The molecule has 7 heteroatoms. The summed E-state index contributed by atoms with van der Waals surface area (Å²) in [5.41, 5.74) is 11.2. The summed E-state index contributed by atoms with van der Waals surface area (Å²) in [6, 6.07) is 4.49. The molecule has 0 saturated heterocycles. The fraction of sp³-hybridized carbons (Fsp3) is 0.200. The quantitative estimate of drug-likeness (QED) is 0.267. The van der Waals surface area contributed by atoms with Crippen LogP contribution in [0.4, 0.5) is 0 Å². The molecule has 0 aliphatic rings. The topological polar surface area (TPSA) is 129 Å². The van der Waals surface area contributed by atoms with Crippen molar-refractivity contribution < 1.29 is 10.2 Å². The predicted molar refractivity (Wildman–Crippen MR) is 65.8 cm³/mol. The molecule has 7 nitrogen and oxygen atoms in total. The zero-order valence-electron chi connectivity index (χ0n) is 9.38. The molecule has 0 atom stereocenters. The maximum absolute atomic E-state index is 9.29. The fourth-order valence-corrected chi connectivity index (χ4v) is 1.15. The molecule has 0 spiro atoms. The van der Waals surface area contributed by atoms with Crippen molar-refractivity contribution in [3.8, 4) is 11.5 Å². The van der Waals surface area contributed by atoms with E-state index in [1.807, 2.05) is 0 Å². The Hall–Kier alpha value is -2.44. The smallest absolute Gasteiger partial charge is 0.221 e. The standard InChI is InChI=1S/C10H15N5O2/c1-13-10(15-9(11)12)14-5-6-2-3-7(16)8(17)4-6/h2-4,16-17H,5H2,1H3,(H5,11,12,13,14,15). The first kappa shape index (κ1) is 12.6. The molecule has 0 aromatic heterocycles. The lowest BCUT2D eigenvalue weighted by atomic mass is 10.2. The van der Waals surface area contributed by atoms with Gasteiger partial charge in [-0.3, -0.25) is 4.99 Å². The van der Waals surface area contributed by atoms with Gasteiger partial charge in [0.15, 0.2) is 17.5 Å². The van der Waals surface area contributed by atoms with E-state index in [0.29, 0.717) is 6.54 Å². The molecule has 0 radical (unpaired) electrons. The summed E-state index contributed by atoms with van der Waals surface area (Å²) in [5.74, 6) is -0.146. The van der Waals surface area contributed by atoms with Crippen molar-refractivity contribution in [2.75, 3.05) is 7.05 Å². The first-order chi connectivity index (χ1) is 8.02. The van der Waals surface area contributed by atoms with E-state index in [1.165, 1.54) is 12.1 Å². The Morgan fingerprint density at radius 3 is 2.53 bits per heavy atom. The van der Waals surface area contributed by atoms with Crippen LogP contribution in [0.3, 0.4) is 0 Å². The van der Waals surface area contributed by atoms with Gasteiger partial charge in [0.05, 0.1) is 0 Å². The second-order valence-electron chi connectivity index (χ2n) is 3.26. The summed E-state index contributed by atoms with van der Waals surface area (Å²) < 4.78 is 0. The summed E-state index contributed by atoms with van der Waals surface area (Å²) in [5, 5.41) is 21.3. The molecule has 0 saturated carbocycles. The Morgan fingerprint density at radius 2 is 2.00 bits per heavy atom. The van der Waals surface area contributed by atoms with Crippen LogP contribution in [0.15, 0.2) is 28.2 Å². The van der Waals surface area contributed by atoms with Gasteiger partial charge in [-0.2, -0.15) is 4.99 Å². The third-order valence-corrected chi connectivity index (χ3v) is 1.94. The maximum atomic E-state index is 9.29. The van der Waals surface area contributed by atoms with Crippen molar-refractivity contribution in [1.29, 1.82) is 0 Å². The van der Waals surface area contributed by atoms with Crippen molar-refractivity contribution >= 4 is 11.9 Å². The SMILES string of the molecule is CN=C(N=C(N)N)NCc1ccc(O)c(O)c1. The van der Waals surface area contributed by atoms with Gasteiger partial charge in [-0.1, -0.05) is 6.07 Å². The zero-order chi connectivity index (χ0) is 12.8. The van der Waals surface area contributed by atoms with Crippen molar-refractivity contribution in [2.24, 2.45) is 21.5 Å². The second kappa shape index (κ2) is 5.59. The largest absolute Gasteiger partial charge is 0.504 e. The van der Waals surface area contributed by atoms with Crippen LogP contribution in [-0.2, 0) is 6.54 Å². The fourth-order valence-electron chi connectivity index (χ4n) is 1.15. The molecule has 1 aromatic carbocycles. The lowest BCUT2D eigenvalue weighted by Gasteiger charge is -2.06. The molecule has 17 heavy (non-hydrogen) atoms. The van der Waals surface area contributed by atoms with E-state index in [9.17, 15) is 5.11 Å². The van der Waals surface area contributed by atoms with Gasteiger partial charge in [-0.15, -0.1) is 0 Å². The van der Waals surface area contributed by atoms with Gasteiger partial charge in [-0.25, -0.2) is 0 Å². The molecule has 7 N–H and O–H groups in total. The number of rotatable bonds is 2. The molecule has 0 aliphatic carbocycles. The molecule has 92 valence electrons. The number of nitrogens with one attached hydrogen (secondary N) is 1. The van der Waals surface area contributed by atoms with E-state index in [4.69, 9.17) is 16.6 Å². The molecule has 0 fully saturated rings. The van der Waals surface area contributed by atoms with Crippen molar-refractivity contribution in [2.45, 2.75) is 6.54 Å². The van der Waals surface area contributed by atoms with Gasteiger partial charge in [0.1, 0.15) is 0 Å². The van der Waals surface area contributed by atoms with Crippen LogP contribution >= 0.6 is 0 Å². The molecule has 0 aliphatic heterocycles. The van der Waals surface area contributed by atoms with E-state index < -0.39 is 0 Å². The highest BCUT2D eigenvalue weighted by Gasteiger charge is 2.01. The monoisotopic (exact) mass is 237 g/mol. The normalized spacial score (nSPS) is 11.0. The van der Waals surface area contributed by atoms with Crippen LogP contribution < -0.4 is 16.8 Å². The van der Waals surface area contributed by atoms with E-state index in [0.717, 1.165) is 5.56 Å². The van der Waals surface area contributed by atoms with E-state index in [2.05, 4.69) is 15.3 Å². The van der Waals surface area contributed by atoms with Crippen LogP contribution in [0.25, 0.3) is 0 Å². The average molecular weight is 237 g/mol. The molecular weight excluding hydrogens is 222 g/mol. The minimum absolute atomic E-state index is 0.0911. The molecule has 1 rings (SSSR count). The van der Waals surface area contributed by atoms with Crippen LogP contribution in [0.1, 0.15) is 5.56 Å². The van der Waals surface area contributed by atoms with Crippen LogP contribution in [0.5, 0.6) is 11.5 Å². The predicted octanol–water partition coefficient (Wildman–Crippen LogP) is -0.553. The summed E-state index contributed by atoms with van der Waals surface area (Å²) >= 11 is 0. The highest BCUT2D eigenvalue weighted by Crippen LogP contribution is 2.24. The third-order valence-electron chi connectivity index (χ3n) is 1.94. The summed E-state index contributed by atoms with van der Waals surface area (Å²) in [6.45, 7) is 0.372. The van der Waals surface area contributed by atoms with Crippen molar-refractivity contribution in [3.05, 3.63) is 23.8 Å². The number of nitrogens with two attached hydrogens (primary N) is 2. The Morgan fingerprint density at radius 1 is 1.29 bits per heavy atom. The number of benzene rings is 1. The number of phenols is 2. The minimum atomic E-state index is -0.180. The lowest BCUT2D eigenvalue weighted by molar-refractivity contribution is 0.403. The summed E-state index contributed by atoms with van der Waals surface area (Å²) in [6.07, 6.45) is 0. The van der Waals surface area contributed by atoms with E-state index in [-0.39, 0.29) is 23.4 Å². The number of nitrogens with zero attached hydrogens (tertiary/aromatic N) is 2. The Kier molecular flexibility index (Phi) is 4.15. The maximum Gasteiger partial charge on any atom is 0.221 e. The van der Waals surface area contributed by atoms with Crippen LogP contribution in [0, 0.1) is 0 Å². The number of hydrogen-bond donors (Lipinski definition) is 5. The van der Waals surface area contributed by atoms with Crippen molar-refractivity contribution in [3.63, 3.8) is 0 Å². The summed E-state index contributed by atoms with van der Waals surface area (Å²) in [7, 11) is 1.54. The number of hydrogen-bond acceptors (Lipinski definition) is 3. The van der Waals surface area contributed by atoms with Crippen LogP contribution in [0.2, 0.25) is 0 Å². The average Bonchev–Trinajstić information content (AvgIpc) is 2.28. The number of guanidine groups is 2. The lowest BCUT2D eigenvalue weighted by Crippen LogP contribution is -2.29. The molecule has 0 unspecified atom stereocenters. The Bertz CT molecular complexity index is 452. The number of aromatic hydroxyl groups is 2. The van der Waals surface area contributed by atoms with Gasteiger partial charge in [0.2, 0.25) is 5.96 Å². The van der Waals surface area contributed by atoms with E-state index in [1.54, 1.807) is 13.1 Å². The first-order valence-corrected chi connectivity index (χ1v) is 4.84. The van der Waals surface area contributed by atoms with Gasteiger partial charge < -0.3 is 27.0 Å². The van der Waals surface area contributed by atoms with Gasteiger partial charge in [0, 0.05) is 13.6 Å². The van der Waals surface area contributed by atoms with E-state index >= 15 is 0 Å². The molecule has 1 aromatic rings. The second-order valence-corrected chi connectivity index (χ2v) is 3.26. The van der Waals surface area contributed by atoms with Crippen molar-refractivity contribution in [1.82, 2.24) is 5.32 Å². The third kappa shape index (κ3) is 3.90. The zero-order valence-corrected chi connectivity index (χ0v) is 9.38. The molecule has 0 bridgehead atoms. The number of aliphatic imine (C=N–C) groups is 2. The van der Waals surface area contributed by atoms with Gasteiger partial charge in [-0.05, 0) is 17.7 Å². The number of phenolic OH excluding ortho intramolecular Hbond substituents is 2. The Balaban J connectivity index is 2.67. The van der Waals surface area contributed by atoms with Gasteiger partial charge in [0.25, 0.3) is 0 Å². The molecule has 0 heterocycles. The minimum Gasteiger partial charge on any atom is -0.504 e. The van der Waals surface area contributed by atoms with Gasteiger partial charge >= 0.3 is 0 Å². The highest BCUT2D eigenvalue weighted by atomic mass is 16.3. The first-order valence-electron chi connectivity index (χ1n) is 4.84. The molecular formula is C10H15N5O2. The van der Waals surface area contributed by atoms with Crippen LogP contribution in [-0.4, -0.2) is 29.2 Å². The summed E-state index contributed by atoms with van der Waals surface area (Å²) in [4.78, 5) is 7.58. The highest BCUT2D eigenvalue weighted by molar-refractivity contribution is 5.93. The molecule has 0 amide bonds. The Labute approximate surface area is 98.5 Å².